The molecule has 2 aliphatic heterocycles. The van der Waals surface area contributed by atoms with Crippen molar-refractivity contribution in [3.05, 3.63) is 41.5 Å². The van der Waals surface area contributed by atoms with Gasteiger partial charge in [0.15, 0.2) is 11.5 Å². The minimum atomic E-state index is -0.242. The maximum Gasteiger partial charge on any atom is 0.255 e. The van der Waals surface area contributed by atoms with Gasteiger partial charge in [0.1, 0.15) is 30.8 Å². The molecule has 0 saturated heterocycles. The minimum absolute atomic E-state index is 0.128. The van der Waals surface area contributed by atoms with Crippen molar-refractivity contribution in [1.29, 1.82) is 0 Å². The summed E-state index contributed by atoms with van der Waals surface area (Å²) in [6.07, 6.45) is 0.967. The standard InChI is InChI=1S/C20H21NO5/c1-3-23-18-10-14-8-12(2)26-17(14)11-15(18)21-20(22)13-4-5-16-19(9-13)25-7-6-24-16/h4-5,9-12H,3,6-8H2,1-2H3,(H,21,22)/t12-/m0/s1. The summed E-state index contributed by atoms with van der Waals surface area (Å²) in [4.78, 5) is 12.7. The molecule has 0 radical (unpaired) electrons. The summed E-state index contributed by atoms with van der Waals surface area (Å²) in [5.41, 5.74) is 2.18. The molecule has 1 atom stereocenters. The number of anilines is 1. The van der Waals surface area contributed by atoms with Gasteiger partial charge in [-0.1, -0.05) is 0 Å². The summed E-state index contributed by atoms with van der Waals surface area (Å²) >= 11 is 0. The first-order valence-corrected chi connectivity index (χ1v) is 8.81. The van der Waals surface area contributed by atoms with E-state index >= 15 is 0 Å². The Morgan fingerprint density at radius 1 is 1.15 bits per heavy atom. The highest BCUT2D eigenvalue weighted by Gasteiger charge is 2.23. The Hall–Kier alpha value is -2.89. The molecule has 0 fully saturated rings. The van der Waals surface area contributed by atoms with Crippen LogP contribution in [0.1, 0.15) is 29.8 Å². The van der Waals surface area contributed by atoms with E-state index in [0.717, 1.165) is 17.7 Å². The lowest BCUT2D eigenvalue weighted by molar-refractivity contribution is 0.102. The van der Waals surface area contributed by atoms with Gasteiger partial charge in [-0.05, 0) is 38.1 Å². The Kier molecular flexibility index (Phi) is 4.32. The molecule has 4 rings (SSSR count). The van der Waals surface area contributed by atoms with Crippen molar-refractivity contribution < 1.29 is 23.7 Å². The van der Waals surface area contributed by atoms with Crippen molar-refractivity contribution in [1.82, 2.24) is 0 Å². The van der Waals surface area contributed by atoms with Crippen molar-refractivity contribution in [2.24, 2.45) is 0 Å². The molecule has 0 aliphatic carbocycles. The van der Waals surface area contributed by atoms with Crippen molar-refractivity contribution >= 4 is 11.6 Å². The molecule has 6 heteroatoms. The molecule has 2 aromatic rings. The van der Waals surface area contributed by atoms with E-state index in [-0.39, 0.29) is 12.0 Å². The fourth-order valence-corrected chi connectivity index (χ4v) is 3.19. The van der Waals surface area contributed by atoms with Gasteiger partial charge in [0, 0.05) is 23.6 Å². The maximum absolute atomic E-state index is 12.7. The third kappa shape index (κ3) is 3.14. The van der Waals surface area contributed by atoms with E-state index in [9.17, 15) is 4.79 Å². The van der Waals surface area contributed by atoms with E-state index in [1.807, 2.05) is 26.0 Å². The van der Waals surface area contributed by atoms with Crippen LogP contribution in [-0.2, 0) is 6.42 Å². The third-order valence-electron chi connectivity index (χ3n) is 4.35. The van der Waals surface area contributed by atoms with Crippen LogP contribution in [0, 0.1) is 0 Å². The predicted molar refractivity (Wildman–Crippen MR) is 96.8 cm³/mol. The number of hydrogen-bond donors (Lipinski definition) is 1. The predicted octanol–water partition coefficient (Wildman–Crippen LogP) is 3.43. The highest BCUT2D eigenvalue weighted by atomic mass is 16.6. The lowest BCUT2D eigenvalue weighted by Crippen LogP contribution is -2.17. The number of hydrogen-bond acceptors (Lipinski definition) is 5. The molecule has 0 aromatic heterocycles. The molecule has 0 spiro atoms. The van der Waals surface area contributed by atoms with E-state index in [4.69, 9.17) is 18.9 Å². The van der Waals surface area contributed by atoms with E-state index < -0.39 is 0 Å². The third-order valence-corrected chi connectivity index (χ3v) is 4.35. The van der Waals surface area contributed by atoms with Crippen molar-refractivity contribution in [2.45, 2.75) is 26.4 Å². The molecule has 26 heavy (non-hydrogen) atoms. The zero-order valence-electron chi connectivity index (χ0n) is 14.8. The Bertz CT molecular complexity index is 848. The number of benzene rings is 2. The summed E-state index contributed by atoms with van der Waals surface area (Å²) in [5.74, 6) is 2.44. The lowest BCUT2D eigenvalue weighted by Gasteiger charge is -2.19. The van der Waals surface area contributed by atoms with Crippen LogP contribution in [0.3, 0.4) is 0 Å². The van der Waals surface area contributed by atoms with Crippen LogP contribution in [0.5, 0.6) is 23.0 Å². The van der Waals surface area contributed by atoms with Crippen molar-refractivity contribution in [3.8, 4) is 23.0 Å². The molecule has 2 aliphatic rings. The molecule has 2 heterocycles. The fraction of sp³-hybridized carbons (Fsp3) is 0.350. The first kappa shape index (κ1) is 16.6. The summed E-state index contributed by atoms with van der Waals surface area (Å²) in [5, 5.41) is 2.92. The average molecular weight is 355 g/mol. The van der Waals surface area contributed by atoms with E-state index in [2.05, 4.69) is 5.32 Å². The zero-order valence-corrected chi connectivity index (χ0v) is 14.8. The Morgan fingerprint density at radius 3 is 2.77 bits per heavy atom. The number of nitrogens with one attached hydrogen (secondary N) is 1. The molecular weight excluding hydrogens is 334 g/mol. The number of fused-ring (bicyclic) bond motifs is 2. The van der Waals surface area contributed by atoms with E-state index in [0.29, 0.717) is 48.3 Å². The molecule has 0 saturated carbocycles. The van der Waals surface area contributed by atoms with Crippen LogP contribution in [0.25, 0.3) is 0 Å². The molecule has 0 bridgehead atoms. The van der Waals surface area contributed by atoms with Crippen LogP contribution in [-0.4, -0.2) is 31.8 Å². The number of carbonyl (C=O) groups is 1. The van der Waals surface area contributed by atoms with E-state index in [1.165, 1.54) is 0 Å². The smallest absolute Gasteiger partial charge is 0.255 e. The largest absolute Gasteiger partial charge is 0.492 e. The van der Waals surface area contributed by atoms with Crippen molar-refractivity contribution in [3.63, 3.8) is 0 Å². The summed E-state index contributed by atoms with van der Waals surface area (Å²) in [6, 6.07) is 8.94. The van der Waals surface area contributed by atoms with Crippen LogP contribution >= 0.6 is 0 Å². The molecule has 6 nitrogen and oxygen atoms in total. The van der Waals surface area contributed by atoms with Gasteiger partial charge in [0.2, 0.25) is 0 Å². The zero-order chi connectivity index (χ0) is 18.1. The number of ether oxygens (including phenoxy) is 4. The number of carbonyl (C=O) groups excluding carboxylic acids is 1. The highest BCUT2D eigenvalue weighted by molar-refractivity contribution is 6.05. The molecule has 0 unspecified atom stereocenters. The Labute approximate surface area is 152 Å². The molecule has 1 amide bonds. The molecule has 136 valence electrons. The van der Waals surface area contributed by atoms with Crippen LogP contribution < -0.4 is 24.3 Å². The highest BCUT2D eigenvalue weighted by Crippen LogP contribution is 2.38. The molecule has 1 N–H and O–H groups in total. The van der Waals surface area contributed by atoms with Gasteiger partial charge in [-0.25, -0.2) is 0 Å². The van der Waals surface area contributed by atoms with Gasteiger partial charge < -0.3 is 24.3 Å². The number of amides is 1. The summed E-state index contributed by atoms with van der Waals surface area (Å²) in [7, 11) is 0. The first-order chi connectivity index (χ1) is 12.6. The van der Waals surface area contributed by atoms with Crippen molar-refractivity contribution in [2.75, 3.05) is 25.1 Å². The monoisotopic (exact) mass is 355 g/mol. The van der Waals surface area contributed by atoms with Gasteiger partial charge in [-0.3, -0.25) is 4.79 Å². The Morgan fingerprint density at radius 2 is 1.96 bits per heavy atom. The Balaban J connectivity index is 1.60. The lowest BCUT2D eigenvalue weighted by atomic mass is 10.1. The number of rotatable bonds is 4. The van der Waals surface area contributed by atoms with Crippen LogP contribution in [0.15, 0.2) is 30.3 Å². The fourth-order valence-electron chi connectivity index (χ4n) is 3.19. The van der Waals surface area contributed by atoms with Gasteiger partial charge in [0.25, 0.3) is 5.91 Å². The SMILES string of the molecule is CCOc1cc2c(cc1NC(=O)c1ccc3c(c1)OCCO3)O[C@@H](C)C2. The second-order valence-corrected chi connectivity index (χ2v) is 6.33. The normalized spacial score (nSPS) is 17.2. The minimum Gasteiger partial charge on any atom is -0.492 e. The average Bonchev–Trinajstić information content (AvgIpc) is 3.00. The van der Waals surface area contributed by atoms with Gasteiger partial charge in [-0.2, -0.15) is 0 Å². The van der Waals surface area contributed by atoms with E-state index in [1.54, 1.807) is 18.2 Å². The van der Waals surface area contributed by atoms with Gasteiger partial charge in [0.05, 0.1) is 12.3 Å². The van der Waals surface area contributed by atoms with Crippen LogP contribution in [0.2, 0.25) is 0 Å². The second kappa shape index (κ2) is 6.78. The summed E-state index contributed by atoms with van der Waals surface area (Å²) < 4.78 is 22.6. The topological polar surface area (TPSA) is 66.0 Å². The maximum atomic E-state index is 12.7. The van der Waals surface area contributed by atoms with Gasteiger partial charge in [-0.15, -0.1) is 0 Å². The van der Waals surface area contributed by atoms with Gasteiger partial charge >= 0.3 is 0 Å². The molecule has 2 aromatic carbocycles. The molecular formula is C20H21NO5. The summed E-state index contributed by atoms with van der Waals surface area (Å²) in [6.45, 7) is 5.45. The quantitative estimate of drug-likeness (QED) is 0.910. The second-order valence-electron chi connectivity index (χ2n) is 6.33. The first-order valence-electron chi connectivity index (χ1n) is 8.81. The van der Waals surface area contributed by atoms with Crippen LogP contribution in [0.4, 0.5) is 5.69 Å².